The van der Waals surface area contributed by atoms with Gasteiger partial charge < -0.3 is 9.47 Å². The Morgan fingerprint density at radius 3 is 2.53 bits per heavy atom. The van der Waals surface area contributed by atoms with E-state index in [0.717, 1.165) is 35.7 Å². The fourth-order valence-electron chi connectivity index (χ4n) is 2.05. The van der Waals surface area contributed by atoms with Crippen molar-refractivity contribution in [2.75, 3.05) is 20.8 Å². The molecule has 1 aliphatic heterocycles. The number of allylic oxidation sites excluding steroid dienone is 2. The molecule has 0 fully saturated rings. The maximum absolute atomic E-state index is 5.32. The quantitative estimate of drug-likeness (QED) is 0.800. The molecule has 0 saturated carbocycles. The summed E-state index contributed by atoms with van der Waals surface area (Å²) in [6.07, 6.45) is 4.99. The Morgan fingerprint density at radius 2 is 1.88 bits per heavy atom. The van der Waals surface area contributed by atoms with E-state index in [-0.39, 0.29) is 0 Å². The lowest BCUT2D eigenvalue weighted by Gasteiger charge is -2.18. The molecule has 0 unspecified atom stereocenters. The van der Waals surface area contributed by atoms with E-state index < -0.39 is 0 Å². The van der Waals surface area contributed by atoms with Gasteiger partial charge in [0.25, 0.3) is 0 Å². The van der Waals surface area contributed by atoms with Crippen LogP contribution in [0, 0.1) is 0 Å². The third-order valence-electron chi connectivity index (χ3n) is 2.87. The third kappa shape index (κ3) is 2.18. The van der Waals surface area contributed by atoms with E-state index in [2.05, 4.69) is 4.99 Å². The summed E-state index contributed by atoms with van der Waals surface area (Å²) >= 11 is 0. The number of hydrogen-bond donors (Lipinski definition) is 0. The first-order valence-corrected chi connectivity index (χ1v) is 5.72. The molecule has 0 radical (unpaired) electrons. The van der Waals surface area contributed by atoms with Crippen molar-refractivity contribution in [3.05, 3.63) is 35.4 Å². The summed E-state index contributed by atoms with van der Waals surface area (Å²) in [5, 5.41) is 0. The standard InChI is InChI=1S/C14H17NO2/c1-4-5-12-11-9-14(17-3)13(16-2)8-10(11)6-7-15-12/h4-5,8-9H,6-7H2,1-3H3/b5-4+. The molecule has 0 aromatic heterocycles. The van der Waals surface area contributed by atoms with Gasteiger partial charge in [-0.15, -0.1) is 0 Å². The van der Waals surface area contributed by atoms with Gasteiger partial charge in [-0.05, 0) is 37.1 Å². The highest BCUT2D eigenvalue weighted by molar-refractivity contribution is 6.10. The molecule has 1 heterocycles. The Balaban J connectivity index is 2.53. The molecule has 0 N–H and O–H groups in total. The second-order valence-corrected chi connectivity index (χ2v) is 3.88. The number of rotatable bonds is 3. The molecule has 0 amide bonds. The van der Waals surface area contributed by atoms with Crippen LogP contribution in [0.2, 0.25) is 0 Å². The van der Waals surface area contributed by atoms with E-state index in [4.69, 9.17) is 9.47 Å². The Hall–Kier alpha value is -1.77. The zero-order valence-corrected chi connectivity index (χ0v) is 10.5. The van der Waals surface area contributed by atoms with E-state index in [9.17, 15) is 0 Å². The first kappa shape index (κ1) is 11.7. The molecule has 0 bridgehead atoms. The molecule has 0 saturated heterocycles. The zero-order valence-electron chi connectivity index (χ0n) is 10.5. The second kappa shape index (κ2) is 5.04. The van der Waals surface area contributed by atoms with E-state index >= 15 is 0 Å². The molecule has 0 atom stereocenters. The SMILES string of the molecule is C/C=C/C1=NCCc2cc(OC)c(OC)cc21. The second-order valence-electron chi connectivity index (χ2n) is 3.88. The number of hydrogen-bond acceptors (Lipinski definition) is 3. The summed E-state index contributed by atoms with van der Waals surface area (Å²) in [6.45, 7) is 2.83. The number of nitrogens with zero attached hydrogens (tertiary/aromatic N) is 1. The van der Waals surface area contributed by atoms with Crippen molar-refractivity contribution in [1.82, 2.24) is 0 Å². The molecule has 17 heavy (non-hydrogen) atoms. The Kier molecular flexibility index (Phi) is 3.47. The Labute approximate surface area is 102 Å². The Bertz CT molecular complexity index is 475. The van der Waals surface area contributed by atoms with Crippen LogP contribution < -0.4 is 9.47 Å². The van der Waals surface area contributed by atoms with Gasteiger partial charge in [0.15, 0.2) is 11.5 Å². The normalized spacial score (nSPS) is 14.4. The van der Waals surface area contributed by atoms with Gasteiger partial charge in [0.2, 0.25) is 0 Å². The Morgan fingerprint density at radius 1 is 1.18 bits per heavy atom. The van der Waals surface area contributed by atoms with Crippen molar-refractivity contribution in [1.29, 1.82) is 0 Å². The summed E-state index contributed by atoms with van der Waals surface area (Å²) in [7, 11) is 3.31. The van der Waals surface area contributed by atoms with Crippen LogP contribution in [0.15, 0.2) is 29.3 Å². The van der Waals surface area contributed by atoms with E-state index in [0.29, 0.717) is 0 Å². The van der Waals surface area contributed by atoms with Gasteiger partial charge in [0, 0.05) is 12.1 Å². The number of fused-ring (bicyclic) bond motifs is 1. The van der Waals surface area contributed by atoms with Crippen molar-refractivity contribution in [3.63, 3.8) is 0 Å². The topological polar surface area (TPSA) is 30.8 Å². The highest BCUT2D eigenvalue weighted by Gasteiger charge is 2.16. The minimum atomic E-state index is 0.755. The summed E-state index contributed by atoms with van der Waals surface area (Å²) in [5.74, 6) is 1.54. The van der Waals surface area contributed by atoms with Crippen molar-refractivity contribution in [3.8, 4) is 11.5 Å². The van der Waals surface area contributed by atoms with Crippen LogP contribution in [0.4, 0.5) is 0 Å². The lowest BCUT2D eigenvalue weighted by molar-refractivity contribution is 0.354. The van der Waals surface area contributed by atoms with E-state index in [1.54, 1.807) is 14.2 Å². The molecule has 0 aliphatic carbocycles. The predicted octanol–water partition coefficient (Wildman–Crippen LogP) is 2.63. The number of benzene rings is 1. The molecule has 1 aliphatic rings. The highest BCUT2D eigenvalue weighted by Crippen LogP contribution is 2.32. The van der Waals surface area contributed by atoms with Gasteiger partial charge in [-0.25, -0.2) is 0 Å². The van der Waals surface area contributed by atoms with Crippen molar-refractivity contribution in [2.45, 2.75) is 13.3 Å². The fourth-order valence-corrected chi connectivity index (χ4v) is 2.05. The number of ether oxygens (including phenoxy) is 2. The fraction of sp³-hybridized carbons (Fsp3) is 0.357. The van der Waals surface area contributed by atoms with Gasteiger partial charge in [-0.3, -0.25) is 4.99 Å². The molecule has 2 rings (SSSR count). The van der Waals surface area contributed by atoms with Gasteiger partial charge in [-0.1, -0.05) is 6.08 Å². The lowest BCUT2D eigenvalue weighted by Crippen LogP contribution is -2.11. The van der Waals surface area contributed by atoms with Crippen LogP contribution >= 0.6 is 0 Å². The largest absolute Gasteiger partial charge is 0.493 e. The van der Waals surface area contributed by atoms with Crippen molar-refractivity contribution < 1.29 is 9.47 Å². The van der Waals surface area contributed by atoms with Crippen LogP contribution in [0.5, 0.6) is 11.5 Å². The van der Waals surface area contributed by atoms with Crippen molar-refractivity contribution >= 4 is 5.71 Å². The smallest absolute Gasteiger partial charge is 0.161 e. The van der Waals surface area contributed by atoms with Crippen LogP contribution in [0.25, 0.3) is 0 Å². The average molecular weight is 231 g/mol. The molecule has 1 aromatic rings. The van der Waals surface area contributed by atoms with Gasteiger partial charge in [0.05, 0.1) is 19.9 Å². The molecule has 90 valence electrons. The third-order valence-corrected chi connectivity index (χ3v) is 2.87. The zero-order chi connectivity index (χ0) is 12.3. The van der Waals surface area contributed by atoms with Crippen LogP contribution in [-0.4, -0.2) is 26.5 Å². The molecule has 0 spiro atoms. The molecular formula is C14H17NO2. The van der Waals surface area contributed by atoms with Crippen LogP contribution in [0.1, 0.15) is 18.1 Å². The minimum absolute atomic E-state index is 0.755. The number of aliphatic imine (C=N–C) groups is 1. The summed E-state index contributed by atoms with van der Waals surface area (Å²) in [5.41, 5.74) is 3.44. The maximum Gasteiger partial charge on any atom is 0.161 e. The van der Waals surface area contributed by atoms with Crippen LogP contribution in [-0.2, 0) is 6.42 Å². The molecule has 3 heteroatoms. The van der Waals surface area contributed by atoms with Gasteiger partial charge in [0.1, 0.15) is 0 Å². The van der Waals surface area contributed by atoms with E-state index in [1.165, 1.54) is 5.56 Å². The summed E-state index contributed by atoms with van der Waals surface area (Å²) in [4.78, 5) is 4.52. The predicted molar refractivity (Wildman–Crippen MR) is 69.5 cm³/mol. The first-order valence-electron chi connectivity index (χ1n) is 5.72. The maximum atomic E-state index is 5.32. The monoisotopic (exact) mass is 231 g/mol. The highest BCUT2D eigenvalue weighted by atomic mass is 16.5. The van der Waals surface area contributed by atoms with Gasteiger partial charge in [-0.2, -0.15) is 0 Å². The minimum Gasteiger partial charge on any atom is -0.493 e. The van der Waals surface area contributed by atoms with Gasteiger partial charge >= 0.3 is 0 Å². The molecular weight excluding hydrogens is 214 g/mol. The van der Waals surface area contributed by atoms with Crippen LogP contribution in [0.3, 0.4) is 0 Å². The lowest BCUT2D eigenvalue weighted by atomic mass is 9.96. The molecule has 3 nitrogen and oxygen atoms in total. The number of methoxy groups -OCH3 is 2. The summed E-state index contributed by atoms with van der Waals surface area (Å²) in [6, 6.07) is 4.05. The summed E-state index contributed by atoms with van der Waals surface area (Å²) < 4.78 is 10.6. The van der Waals surface area contributed by atoms with Crippen molar-refractivity contribution in [2.24, 2.45) is 4.99 Å². The molecule has 1 aromatic carbocycles. The first-order chi connectivity index (χ1) is 8.30. The average Bonchev–Trinajstić information content (AvgIpc) is 2.38. The van der Waals surface area contributed by atoms with E-state index in [1.807, 2.05) is 31.2 Å².